The lowest BCUT2D eigenvalue weighted by Crippen LogP contribution is -2.33. The second kappa shape index (κ2) is 12.9. The summed E-state index contributed by atoms with van der Waals surface area (Å²) in [4.78, 5) is 13.7. The lowest BCUT2D eigenvalue weighted by atomic mass is 9.64. The number of hydrogen-bond acceptors (Lipinski definition) is 1. The highest BCUT2D eigenvalue weighted by Gasteiger charge is 2.37. The van der Waals surface area contributed by atoms with Crippen LogP contribution < -0.4 is 0 Å². The average Bonchev–Trinajstić information content (AvgIpc) is 3.05. The fourth-order valence-corrected chi connectivity index (χ4v) is 8.07. The predicted molar refractivity (Wildman–Crippen MR) is 185 cm³/mol. The Hall–Kier alpha value is -3.45. The van der Waals surface area contributed by atoms with E-state index in [-0.39, 0.29) is 16.6 Å². The van der Waals surface area contributed by atoms with Crippen molar-refractivity contribution >= 4 is 5.78 Å². The summed E-state index contributed by atoms with van der Waals surface area (Å²) in [6.07, 6.45) is 12.0. The van der Waals surface area contributed by atoms with Gasteiger partial charge in [0.1, 0.15) is 0 Å². The van der Waals surface area contributed by atoms with Gasteiger partial charge in [0.2, 0.25) is 0 Å². The van der Waals surface area contributed by atoms with Gasteiger partial charge in [-0.1, -0.05) is 122 Å². The topological polar surface area (TPSA) is 17.1 Å². The van der Waals surface area contributed by atoms with Gasteiger partial charge >= 0.3 is 0 Å². The maximum Gasteiger partial charge on any atom is 0.193 e. The summed E-state index contributed by atoms with van der Waals surface area (Å²) in [6, 6.07) is 35.5. The minimum Gasteiger partial charge on any atom is -0.289 e. The first kappa shape index (κ1) is 30.6. The highest BCUT2D eigenvalue weighted by Crippen LogP contribution is 2.45. The first-order chi connectivity index (χ1) is 21.2. The number of ketones is 1. The minimum absolute atomic E-state index is 0.123. The van der Waals surface area contributed by atoms with Crippen LogP contribution in [-0.4, -0.2) is 5.78 Å². The molecule has 4 aromatic rings. The molecule has 0 unspecified atom stereocenters. The monoisotopic (exact) mass is 582 g/mol. The number of aryl methyl sites for hydroxylation is 2. The number of rotatable bonds is 8. The molecule has 0 aliphatic heterocycles. The molecule has 4 aromatic carbocycles. The standard InChI is InChI=1S/C43H50O/c1-31-5-9-35(10-6-31)29-42(25-21-33(3)22-26-42)39-17-13-37(14-18-39)41(44)38-15-19-40(20-16-38)43(27-23-34(4)24-28-43)30-36-11-7-32(2)8-12-36/h5-20,33-34H,21-30H2,1-4H3. The first-order valence-corrected chi connectivity index (χ1v) is 17.1. The fraction of sp³-hybridized carbons (Fsp3) is 0.419. The van der Waals surface area contributed by atoms with Gasteiger partial charge in [0, 0.05) is 11.1 Å². The molecule has 0 atom stereocenters. The van der Waals surface area contributed by atoms with E-state index in [1.54, 1.807) is 0 Å². The van der Waals surface area contributed by atoms with Crippen molar-refractivity contribution in [3.63, 3.8) is 0 Å². The van der Waals surface area contributed by atoms with Crippen molar-refractivity contribution in [1.29, 1.82) is 0 Å². The summed E-state index contributed by atoms with van der Waals surface area (Å²) >= 11 is 0. The Morgan fingerprint density at radius 1 is 0.523 bits per heavy atom. The second-order valence-electron chi connectivity index (χ2n) is 14.7. The quantitative estimate of drug-likeness (QED) is 0.189. The summed E-state index contributed by atoms with van der Waals surface area (Å²) in [5.74, 6) is 1.70. The molecule has 228 valence electrons. The molecule has 0 amide bonds. The van der Waals surface area contributed by atoms with Crippen molar-refractivity contribution in [2.75, 3.05) is 0 Å². The van der Waals surface area contributed by atoms with E-state index in [1.165, 1.54) is 84.7 Å². The molecule has 0 aromatic heterocycles. The normalized spacial score (nSPS) is 25.5. The molecule has 2 saturated carbocycles. The van der Waals surface area contributed by atoms with Crippen LogP contribution in [0.3, 0.4) is 0 Å². The van der Waals surface area contributed by atoms with Crippen LogP contribution in [0.5, 0.6) is 0 Å². The van der Waals surface area contributed by atoms with E-state index in [4.69, 9.17) is 0 Å². The van der Waals surface area contributed by atoms with Crippen LogP contribution in [-0.2, 0) is 23.7 Å². The first-order valence-electron chi connectivity index (χ1n) is 17.1. The number of benzene rings is 4. The van der Waals surface area contributed by atoms with Crippen LogP contribution in [0.25, 0.3) is 0 Å². The highest BCUT2D eigenvalue weighted by molar-refractivity contribution is 6.09. The molecule has 0 spiro atoms. The van der Waals surface area contributed by atoms with Crippen molar-refractivity contribution in [2.45, 2.75) is 103 Å². The van der Waals surface area contributed by atoms with E-state index in [1.807, 2.05) is 0 Å². The molecule has 2 aliphatic rings. The zero-order valence-electron chi connectivity index (χ0n) is 27.4. The Labute approximate surface area is 266 Å². The Bertz CT molecular complexity index is 1400. The van der Waals surface area contributed by atoms with E-state index >= 15 is 0 Å². The Balaban J connectivity index is 1.22. The zero-order valence-corrected chi connectivity index (χ0v) is 27.4. The van der Waals surface area contributed by atoms with Crippen molar-refractivity contribution in [2.24, 2.45) is 11.8 Å². The average molecular weight is 583 g/mol. The molecule has 1 nitrogen and oxygen atoms in total. The van der Waals surface area contributed by atoms with Gasteiger partial charge in [0.25, 0.3) is 0 Å². The molecule has 0 bridgehead atoms. The van der Waals surface area contributed by atoms with E-state index in [9.17, 15) is 4.79 Å². The third-order valence-electron chi connectivity index (χ3n) is 11.3. The summed E-state index contributed by atoms with van der Waals surface area (Å²) in [5.41, 5.74) is 10.1. The van der Waals surface area contributed by atoms with E-state index in [2.05, 4.69) is 125 Å². The lowest BCUT2D eigenvalue weighted by Gasteiger charge is -2.40. The highest BCUT2D eigenvalue weighted by atomic mass is 16.1. The van der Waals surface area contributed by atoms with E-state index in [0.29, 0.717) is 0 Å². The number of carbonyl (C=O) groups is 1. The maximum atomic E-state index is 13.7. The van der Waals surface area contributed by atoms with Crippen LogP contribution >= 0.6 is 0 Å². The summed E-state index contributed by atoms with van der Waals surface area (Å²) < 4.78 is 0. The molecule has 2 aliphatic carbocycles. The lowest BCUT2D eigenvalue weighted by molar-refractivity contribution is 0.103. The molecule has 2 fully saturated rings. The van der Waals surface area contributed by atoms with Gasteiger partial charge < -0.3 is 0 Å². The predicted octanol–water partition coefficient (Wildman–Crippen LogP) is 10.9. The van der Waals surface area contributed by atoms with Gasteiger partial charge in [-0.25, -0.2) is 0 Å². The summed E-state index contributed by atoms with van der Waals surface area (Å²) in [7, 11) is 0. The fourth-order valence-electron chi connectivity index (χ4n) is 8.07. The van der Waals surface area contributed by atoms with Crippen molar-refractivity contribution in [3.8, 4) is 0 Å². The van der Waals surface area contributed by atoms with Gasteiger partial charge in [0.05, 0.1) is 0 Å². The molecule has 6 rings (SSSR count). The third-order valence-corrected chi connectivity index (χ3v) is 11.3. The SMILES string of the molecule is Cc1ccc(CC2(c3ccc(C(=O)c4ccc(C5(Cc6ccc(C)cc6)CCC(C)CC5)cc4)cc3)CCC(C)CC2)cc1. The van der Waals surface area contributed by atoms with Crippen LogP contribution in [0.1, 0.15) is 115 Å². The van der Waals surface area contributed by atoms with Gasteiger partial charge in [-0.15, -0.1) is 0 Å². The third kappa shape index (κ3) is 6.63. The smallest absolute Gasteiger partial charge is 0.193 e. The van der Waals surface area contributed by atoms with Crippen LogP contribution in [0, 0.1) is 25.7 Å². The molecule has 0 radical (unpaired) electrons. The Kier molecular flexibility index (Phi) is 8.95. The van der Waals surface area contributed by atoms with Crippen molar-refractivity contribution in [1.82, 2.24) is 0 Å². The van der Waals surface area contributed by atoms with E-state index < -0.39 is 0 Å². The maximum absolute atomic E-state index is 13.7. The van der Waals surface area contributed by atoms with Gasteiger partial charge in [-0.05, 0) is 123 Å². The molecule has 44 heavy (non-hydrogen) atoms. The Morgan fingerprint density at radius 3 is 1.16 bits per heavy atom. The van der Waals surface area contributed by atoms with Crippen molar-refractivity contribution < 1.29 is 4.79 Å². The summed E-state index contributed by atoms with van der Waals surface area (Å²) in [5, 5.41) is 0. The largest absolute Gasteiger partial charge is 0.289 e. The van der Waals surface area contributed by atoms with Crippen LogP contribution in [0.15, 0.2) is 97.1 Å². The molecule has 0 N–H and O–H groups in total. The number of hydrogen-bond donors (Lipinski definition) is 0. The number of carbonyl (C=O) groups excluding carboxylic acids is 1. The van der Waals surface area contributed by atoms with E-state index in [0.717, 1.165) is 35.8 Å². The second-order valence-corrected chi connectivity index (χ2v) is 14.7. The van der Waals surface area contributed by atoms with Crippen LogP contribution in [0.2, 0.25) is 0 Å². The van der Waals surface area contributed by atoms with Gasteiger partial charge in [0.15, 0.2) is 5.78 Å². The molecule has 0 heterocycles. The van der Waals surface area contributed by atoms with Crippen LogP contribution in [0.4, 0.5) is 0 Å². The minimum atomic E-state index is 0.123. The molecular weight excluding hydrogens is 532 g/mol. The zero-order chi connectivity index (χ0) is 30.7. The Morgan fingerprint density at radius 2 is 0.841 bits per heavy atom. The van der Waals surface area contributed by atoms with Crippen molar-refractivity contribution in [3.05, 3.63) is 142 Å². The van der Waals surface area contributed by atoms with Gasteiger partial charge in [-0.2, -0.15) is 0 Å². The molecular formula is C43H50O. The molecule has 0 saturated heterocycles. The molecule has 1 heteroatoms. The van der Waals surface area contributed by atoms with Gasteiger partial charge in [-0.3, -0.25) is 4.79 Å². The summed E-state index contributed by atoms with van der Waals surface area (Å²) in [6.45, 7) is 9.10.